The normalized spacial score (nSPS) is 11.6. The summed E-state index contributed by atoms with van der Waals surface area (Å²) in [6, 6.07) is 12.3. The molecule has 4 aromatic heterocycles. The number of fused-ring (bicyclic) bond motifs is 1. The van der Waals surface area contributed by atoms with Crippen molar-refractivity contribution < 1.29 is 0 Å². The number of aryl methyl sites for hydroxylation is 2. The highest BCUT2D eigenvalue weighted by Gasteiger charge is 2.19. The average Bonchev–Trinajstić information content (AvgIpc) is 3.51. The SMILES string of the molecule is C[SH+]Cc1cccc(-c2cn(C)c(=O)cc2-c2cn(C)c(=O)c3[nH]c(-c4cnn(C(C)C)c4)cc23)c1. The number of aromatic amines is 1. The van der Waals surface area contributed by atoms with E-state index in [2.05, 4.69) is 54.5 Å². The van der Waals surface area contributed by atoms with Gasteiger partial charge in [0, 0.05) is 78.1 Å². The molecule has 184 valence electrons. The van der Waals surface area contributed by atoms with Crippen LogP contribution >= 0.6 is 0 Å². The summed E-state index contributed by atoms with van der Waals surface area (Å²) in [5, 5.41) is 5.23. The molecule has 0 radical (unpaired) electrons. The fourth-order valence-corrected chi connectivity index (χ4v) is 5.13. The zero-order valence-corrected chi connectivity index (χ0v) is 22.0. The zero-order chi connectivity index (χ0) is 25.6. The number of nitrogens with zero attached hydrogens (tertiary/aromatic N) is 4. The Morgan fingerprint density at radius 1 is 0.944 bits per heavy atom. The van der Waals surface area contributed by atoms with Gasteiger partial charge in [0.25, 0.3) is 11.1 Å². The van der Waals surface area contributed by atoms with Crippen molar-refractivity contribution in [1.29, 1.82) is 0 Å². The van der Waals surface area contributed by atoms with Crippen LogP contribution in [-0.4, -0.2) is 30.2 Å². The van der Waals surface area contributed by atoms with E-state index in [1.807, 2.05) is 29.3 Å². The van der Waals surface area contributed by atoms with E-state index in [1.54, 1.807) is 35.5 Å². The Bertz CT molecular complexity index is 1700. The third-order valence-electron chi connectivity index (χ3n) is 6.50. The van der Waals surface area contributed by atoms with Crippen LogP contribution in [0.25, 0.3) is 44.4 Å². The maximum absolute atomic E-state index is 13.1. The van der Waals surface area contributed by atoms with Crippen molar-refractivity contribution in [2.24, 2.45) is 14.1 Å². The van der Waals surface area contributed by atoms with E-state index in [1.165, 1.54) is 17.3 Å². The fraction of sp³-hybridized carbons (Fsp3) is 0.250. The third kappa shape index (κ3) is 4.22. The second kappa shape index (κ2) is 9.35. The first-order valence-electron chi connectivity index (χ1n) is 11.9. The Labute approximate surface area is 213 Å². The number of H-pyrrole nitrogens is 1. The molecule has 5 rings (SSSR count). The van der Waals surface area contributed by atoms with Crippen LogP contribution < -0.4 is 11.1 Å². The Kier molecular flexibility index (Phi) is 6.22. The Morgan fingerprint density at radius 2 is 1.72 bits per heavy atom. The quantitative estimate of drug-likeness (QED) is 0.279. The van der Waals surface area contributed by atoms with Crippen LogP contribution in [0, 0.1) is 0 Å². The molecule has 0 saturated carbocycles. The van der Waals surface area contributed by atoms with Crippen molar-refractivity contribution in [3.05, 3.63) is 87.5 Å². The van der Waals surface area contributed by atoms with Gasteiger partial charge in [-0.3, -0.25) is 14.3 Å². The first-order chi connectivity index (χ1) is 17.3. The molecule has 1 N–H and O–H groups in total. The molecule has 4 heterocycles. The third-order valence-corrected chi connectivity index (χ3v) is 7.18. The topological polar surface area (TPSA) is 77.6 Å². The van der Waals surface area contributed by atoms with E-state index < -0.39 is 0 Å². The van der Waals surface area contributed by atoms with Gasteiger partial charge in [-0.2, -0.15) is 5.10 Å². The molecule has 0 unspecified atom stereocenters. The molecule has 0 saturated heterocycles. The summed E-state index contributed by atoms with van der Waals surface area (Å²) < 4.78 is 5.07. The minimum atomic E-state index is -0.120. The summed E-state index contributed by atoms with van der Waals surface area (Å²) >= 11 is 1.30. The predicted octanol–water partition coefficient (Wildman–Crippen LogP) is 4.29. The molecule has 0 bridgehead atoms. The molecule has 0 aliphatic carbocycles. The molecule has 8 heteroatoms. The van der Waals surface area contributed by atoms with Crippen molar-refractivity contribution in [3.8, 4) is 33.5 Å². The molecule has 36 heavy (non-hydrogen) atoms. The van der Waals surface area contributed by atoms with Gasteiger partial charge in [0.2, 0.25) is 0 Å². The molecule has 0 amide bonds. The molecular weight excluding hydrogens is 470 g/mol. The van der Waals surface area contributed by atoms with Crippen molar-refractivity contribution >= 4 is 22.7 Å². The summed E-state index contributed by atoms with van der Waals surface area (Å²) in [5.41, 5.74) is 6.86. The fourth-order valence-electron chi connectivity index (χ4n) is 4.57. The predicted molar refractivity (Wildman–Crippen MR) is 150 cm³/mol. The van der Waals surface area contributed by atoms with Gasteiger partial charge in [-0.15, -0.1) is 0 Å². The van der Waals surface area contributed by atoms with E-state index in [-0.39, 0.29) is 17.2 Å². The molecular formula is C28H30N5O2S+. The minimum absolute atomic E-state index is 0.104. The van der Waals surface area contributed by atoms with Gasteiger partial charge in [0.05, 0.1) is 12.5 Å². The molecule has 0 aliphatic rings. The number of hydrogen-bond donors (Lipinski definition) is 1. The Hall–Kier alpha value is -3.78. The van der Waals surface area contributed by atoms with Gasteiger partial charge in [0.15, 0.2) is 0 Å². The van der Waals surface area contributed by atoms with Crippen LogP contribution in [0.5, 0.6) is 0 Å². The highest BCUT2D eigenvalue weighted by Crippen LogP contribution is 2.36. The number of rotatable bonds is 6. The molecule has 1 aromatic carbocycles. The van der Waals surface area contributed by atoms with Gasteiger partial charge in [0.1, 0.15) is 11.3 Å². The number of benzene rings is 1. The second-order valence-electron chi connectivity index (χ2n) is 9.46. The van der Waals surface area contributed by atoms with E-state index >= 15 is 0 Å². The van der Waals surface area contributed by atoms with Crippen LogP contribution in [0.1, 0.15) is 25.5 Å². The van der Waals surface area contributed by atoms with Crippen molar-refractivity contribution in [2.45, 2.75) is 25.6 Å². The second-order valence-corrected chi connectivity index (χ2v) is 10.4. The summed E-state index contributed by atoms with van der Waals surface area (Å²) in [6.45, 7) is 4.14. The minimum Gasteiger partial charge on any atom is -0.350 e. The lowest BCUT2D eigenvalue weighted by Crippen LogP contribution is -2.18. The number of nitrogens with one attached hydrogen (secondary N) is 1. The van der Waals surface area contributed by atoms with Gasteiger partial charge < -0.3 is 14.1 Å². The first-order valence-corrected chi connectivity index (χ1v) is 13.4. The van der Waals surface area contributed by atoms with Crippen molar-refractivity contribution in [2.75, 3.05) is 6.26 Å². The largest absolute Gasteiger partial charge is 0.350 e. The van der Waals surface area contributed by atoms with Gasteiger partial charge >= 0.3 is 0 Å². The van der Waals surface area contributed by atoms with Gasteiger partial charge in [-0.05, 0) is 48.9 Å². The molecule has 0 aliphatic heterocycles. The van der Waals surface area contributed by atoms with Crippen LogP contribution in [-0.2, 0) is 31.6 Å². The van der Waals surface area contributed by atoms with Crippen LogP contribution in [0.3, 0.4) is 0 Å². The number of hydrogen-bond acceptors (Lipinski definition) is 3. The lowest BCUT2D eigenvalue weighted by Gasteiger charge is -2.14. The maximum Gasteiger partial charge on any atom is 0.274 e. The van der Waals surface area contributed by atoms with Crippen LogP contribution in [0.2, 0.25) is 0 Å². The smallest absolute Gasteiger partial charge is 0.274 e. The maximum atomic E-state index is 13.1. The Balaban J connectivity index is 1.77. The summed E-state index contributed by atoms with van der Waals surface area (Å²) in [5.74, 6) is 0.963. The number of thiol groups is 1. The van der Waals surface area contributed by atoms with Crippen LogP contribution in [0.4, 0.5) is 0 Å². The van der Waals surface area contributed by atoms with E-state index in [0.29, 0.717) is 5.52 Å². The zero-order valence-electron chi connectivity index (χ0n) is 21.1. The molecule has 0 atom stereocenters. The van der Waals surface area contributed by atoms with Crippen molar-refractivity contribution in [1.82, 2.24) is 23.9 Å². The van der Waals surface area contributed by atoms with Gasteiger partial charge in [-0.25, -0.2) is 0 Å². The lowest BCUT2D eigenvalue weighted by molar-refractivity contribution is 0.532. The molecule has 7 nitrogen and oxygen atoms in total. The standard InChI is InChI=1S/C28H29N5O2S/c1-17(2)33-13-20(12-29-33)25-10-22-24(15-32(4)28(35)27(22)30-25)21-11-26(34)31(3)14-23(21)19-8-6-7-18(9-19)16-36-5/h6-15,17,30H,16H2,1-5H3/p+1. The van der Waals surface area contributed by atoms with E-state index in [0.717, 1.165) is 44.7 Å². The van der Waals surface area contributed by atoms with Crippen molar-refractivity contribution in [3.63, 3.8) is 0 Å². The van der Waals surface area contributed by atoms with E-state index in [9.17, 15) is 9.59 Å². The van der Waals surface area contributed by atoms with Crippen LogP contribution in [0.15, 0.2) is 70.8 Å². The average molecular weight is 501 g/mol. The highest BCUT2D eigenvalue weighted by molar-refractivity contribution is 7.76. The molecule has 0 spiro atoms. The number of pyridine rings is 2. The summed E-state index contributed by atoms with van der Waals surface area (Å²) in [7, 11) is 3.51. The van der Waals surface area contributed by atoms with Gasteiger partial charge in [-0.1, -0.05) is 18.2 Å². The molecule has 0 fully saturated rings. The first kappa shape index (κ1) is 23.9. The Morgan fingerprint density at radius 3 is 2.44 bits per heavy atom. The van der Waals surface area contributed by atoms with E-state index in [4.69, 9.17) is 0 Å². The molecule has 5 aromatic rings. The lowest BCUT2D eigenvalue weighted by atomic mass is 9.94. The number of aromatic nitrogens is 5. The summed E-state index contributed by atoms with van der Waals surface area (Å²) in [4.78, 5) is 29.3. The monoisotopic (exact) mass is 500 g/mol. The summed E-state index contributed by atoms with van der Waals surface area (Å²) in [6.07, 6.45) is 9.63. The highest BCUT2D eigenvalue weighted by atomic mass is 32.2.